The van der Waals surface area contributed by atoms with Gasteiger partial charge in [0, 0.05) is 40.2 Å². The highest BCUT2D eigenvalue weighted by atomic mass is 32.2. The van der Waals surface area contributed by atoms with Crippen LogP contribution in [0.25, 0.3) is 0 Å². The predicted molar refractivity (Wildman–Crippen MR) is 67.6 cm³/mol. The van der Waals surface area contributed by atoms with Crippen molar-refractivity contribution in [2.75, 3.05) is 23.9 Å². The number of nitrogens with zero attached hydrogens (tertiary/aromatic N) is 1. The molecule has 0 spiro atoms. The van der Waals surface area contributed by atoms with Gasteiger partial charge in [-0.2, -0.15) is 5.26 Å². The van der Waals surface area contributed by atoms with Crippen LogP contribution in [0.1, 0.15) is 12.5 Å². The fourth-order valence-corrected chi connectivity index (χ4v) is 1.46. The Morgan fingerprint density at radius 3 is 2.88 bits per heavy atom. The van der Waals surface area contributed by atoms with Crippen LogP contribution in [0.15, 0.2) is 18.2 Å². The van der Waals surface area contributed by atoms with Gasteiger partial charge in [-0.25, -0.2) is 0 Å². The molecule has 4 nitrogen and oxygen atoms in total. The van der Waals surface area contributed by atoms with Gasteiger partial charge >= 0.3 is 0 Å². The molecule has 2 atom stereocenters. The van der Waals surface area contributed by atoms with E-state index in [9.17, 15) is 4.21 Å². The zero-order valence-electron chi connectivity index (χ0n) is 9.36. The van der Waals surface area contributed by atoms with E-state index >= 15 is 0 Å². The molecule has 0 aliphatic rings. The molecule has 0 aliphatic carbocycles. The first kappa shape index (κ1) is 12.5. The summed E-state index contributed by atoms with van der Waals surface area (Å²) < 4.78 is 11.1. The topological polar surface area (TPSA) is 78.9 Å². The molecule has 1 rings (SSSR count). The largest absolute Gasteiger partial charge is 0.398 e. The number of nitrogen functional groups attached to an aromatic ring is 1. The lowest BCUT2D eigenvalue weighted by atomic mass is 10.2. The van der Waals surface area contributed by atoms with E-state index < -0.39 is 10.8 Å². The molecule has 0 heterocycles. The maximum absolute atomic E-state index is 11.1. The normalized spacial score (nSPS) is 13.8. The maximum atomic E-state index is 11.1. The van der Waals surface area contributed by atoms with Gasteiger partial charge in [-0.05, 0) is 25.1 Å². The molecular formula is C11H15N3OS. The molecule has 0 amide bonds. The molecule has 0 aromatic heterocycles. The van der Waals surface area contributed by atoms with Crippen LogP contribution in [-0.4, -0.2) is 22.3 Å². The summed E-state index contributed by atoms with van der Waals surface area (Å²) >= 11 is 0. The summed E-state index contributed by atoms with van der Waals surface area (Å²) in [4.78, 5) is 0. The van der Waals surface area contributed by atoms with Crippen LogP contribution in [0.2, 0.25) is 0 Å². The number of rotatable bonds is 4. The molecule has 5 heteroatoms. The summed E-state index contributed by atoms with van der Waals surface area (Å²) in [5, 5.41) is 12.0. The highest BCUT2D eigenvalue weighted by molar-refractivity contribution is 7.84. The quantitative estimate of drug-likeness (QED) is 0.774. The van der Waals surface area contributed by atoms with Crippen LogP contribution in [0.3, 0.4) is 0 Å². The van der Waals surface area contributed by atoms with Crippen LogP contribution >= 0.6 is 0 Å². The van der Waals surface area contributed by atoms with Crippen molar-refractivity contribution in [3.8, 4) is 6.07 Å². The van der Waals surface area contributed by atoms with Crippen molar-refractivity contribution < 1.29 is 4.21 Å². The van der Waals surface area contributed by atoms with Crippen molar-refractivity contribution in [3.63, 3.8) is 0 Å². The monoisotopic (exact) mass is 237 g/mol. The average Bonchev–Trinajstić information content (AvgIpc) is 2.27. The predicted octanol–water partition coefficient (Wildman–Crippen LogP) is 1.32. The molecule has 2 unspecified atom stereocenters. The van der Waals surface area contributed by atoms with Crippen LogP contribution in [0, 0.1) is 11.3 Å². The third-order valence-electron chi connectivity index (χ3n) is 2.33. The molecule has 0 aliphatic heterocycles. The fraction of sp³-hybridized carbons (Fsp3) is 0.364. The van der Waals surface area contributed by atoms with E-state index in [1.807, 2.05) is 19.1 Å². The lowest BCUT2D eigenvalue weighted by Crippen LogP contribution is -2.20. The van der Waals surface area contributed by atoms with Crippen molar-refractivity contribution in [2.45, 2.75) is 12.2 Å². The van der Waals surface area contributed by atoms with Crippen molar-refractivity contribution in [1.29, 1.82) is 5.26 Å². The number of nitrogens with two attached hydrogens (primary N) is 1. The first-order valence-electron chi connectivity index (χ1n) is 4.90. The van der Waals surface area contributed by atoms with Crippen molar-refractivity contribution in [2.24, 2.45) is 0 Å². The Hall–Kier alpha value is -1.54. The number of nitriles is 1. The minimum Gasteiger partial charge on any atom is -0.398 e. The Bertz CT molecular complexity index is 439. The molecule has 1 aromatic carbocycles. The van der Waals surface area contributed by atoms with Crippen molar-refractivity contribution >= 4 is 22.2 Å². The smallest absolute Gasteiger partial charge is 0.101 e. The SMILES string of the molecule is CC(CNc1ccc(N)c(C#N)c1)S(C)=O. The molecule has 0 bridgehead atoms. The third kappa shape index (κ3) is 3.24. The zero-order valence-corrected chi connectivity index (χ0v) is 10.2. The molecule has 0 fully saturated rings. The Morgan fingerprint density at radius 2 is 2.31 bits per heavy atom. The van der Waals surface area contributed by atoms with E-state index in [0.29, 0.717) is 17.8 Å². The van der Waals surface area contributed by atoms with E-state index in [1.165, 1.54) is 0 Å². The van der Waals surface area contributed by atoms with Crippen LogP contribution in [0.4, 0.5) is 11.4 Å². The molecule has 0 radical (unpaired) electrons. The maximum Gasteiger partial charge on any atom is 0.101 e. The molecule has 86 valence electrons. The van der Waals surface area contributed by atoms with E-state index in [2.05, 4.69) is 5.32 Å². The zero-order chi connectivity index (χ0) is 12.1. The summed E-state index contributed by atoms with van der Waals surface area (Å²) in [5.41, 5.74) is 7.35. The Balaban J connectivity index is 2.69. The summed E-state index contributed by atoms with van der Waals surface area (Å²) in [7, 11) is -0.848. The van der Waals surface area contributed by atoms with Gasteiger partial charge in [0.2, 0.25) is 0 Å². The third-order valence-corrected chi connectivity index (χ3v) is 3.63. The highest BCUT2D eigenvalue weighted by Gasteiger charge is 2.06. The summed E-state index contributed by atoms with van der Waals surface area (Å²) in [6, 6.07) is 7.21. The summed E-state index contributed by atoms with van der Waals surface area (Å²) in [6.45, 7) is 2.52. The van der Waals surface area contributed by atoms with Crippen LogP contribution in [0.5, 0.6) is 0 Å². The summed E-state index contributed by atoms with van der Waals surface area (Å²) in [6.07, 6.45) is 1.68. The lowest BCUT2D eigenvalue weighted by Gasteiger charge is -2.11. The Kier molecular flexibility index (Phi) is 4.32. The second kappa shape index (κ2) is 5.52. The molecule has 16 heavy (non-hydrogen) atoms. The van der Waals surface area contributed by atoms with Crippen LogP contribution in [-0.2, 0) is 10.8 Å². The van der Waals surface area contributed by atoms with Crippen molar-refractivity contribution in [1.82, 2.24) is 0 Å². The van der Waals surface area contributed by atoms with Crippen molar-refractivity contribution in [3.05, 3.63) is 23.8 Å². The minimum absolute atomic E-state index is 0.0723. The molecular weight excluding hydrogens is 222 g/mol. The number of nitrogens with one attached hydrogen (secondary N) is 1. The molecule has 0 saturated heterocycles. The average molecular weight is 237 g/mol. The first-order valence-corrected chi connectivity index (χ1v) is 6.52. The van der Waals surface area contributed by atoms with E-state index in [4.69, 9.17) is 11.0 Å². The van der Waals surface area contributed by atoms with E-state index in [1.54, 1.807) is 18.4 Å². The number of anilines is 2. The van der Waals surface area contributed by atoms with Gasteiger partial charge in [-0.15, -0.1) is 0 Å². The van der Waals surface area contributed by atoms with Gasteiger partial charge in [0.1, 0.15) is 6.07 Å². The molecule has 0 saturated carbocycles. The van der Waals surface area contributed by atoms with Crippen LogP contribution < -0.4 is 11.1 Å². The Morgan fingerprint density at radius 1 is 1.62 bits per heavy atom. The molecule has 3 N–H and O–H groups in total. The number of hydrogen-bond acceptors (Lipinski definition) is 4. The van der Waals surface area contributed by atoms with E-state index in [-0.39, 0.29) is 5.25 Å². The van der Waals surface area contributed by atoms with E-state index in [0.717, 1.165) is 5.69 Å². The Labute approximate surface area is 97.9 Å². The number of hydrogen-bond donors (Lipinski definition) is 2. The standard InChI is InChI=1S/C11H15N3OS/c1-8(16(2)15)7-14-10-3-4-11(13)9(5-10)6-12/h3-5,8,14H,7,13H2,1-2H3. The van der Waals surface area contributed by atoms with Gasteiger partial charge in [-0.1, -0.05) is 0 Å². The second-order valence-corrected chi connectivity index (χ2v) is 5.41. The van der Waals surface area contributed by atoms with Gasteiger partial charge in [0.05, 0.1) is 5.56 Å². The van der Waals surface area contributed by atoms with Gasteiger partial charge in [-0.3, -0.25) is 4.21 Å². The second-order valence-electron chi connectivity index (χ2n) is 3.60. The summed E-state index contributed by atoms with van der Waals surface area (Å²) in [5.74, 6) is 0. The minimum atomic E-state index is -0.848. The number of benzene rings is 1. The lowest BCUT2D eigenvalue weighted by molar-refractivity contribution is 0.679. The highest BCUT2D eigenvalue weighted by Crippen LogP contribution is 2.16. The van der Waals surface area contributed by atoms with Gasteiger partial charge in [0.15, 0.2) is 0 Å². The van der Waals surface area contributed by atoms with Gasteiger partial charge in [0.25, 0.3) is 0 Å². The first-order chi connectivity index (χ1) is 7.54. The molecule has 1 aromatic rings. The van der Waals surface area contributed by atoms with Gasteiger partial charge < -0.3 is 11.1 Å². The fourth-order valence-electron chi connectivity index (χ4n) is 1.14.